The maximum absolute atomic E-state index is 13.5. The molecule has 1 amide bonds. The Kier molecular flexibility index (Phi) is 4.70. The number of nitrogens with one attached hydrogen (secondary N) is 1. The zero-order valence-corrected chi connectivity index (χ0v) is 14.0. The van der Waals surface area contributed by atoms with Gasteiger partial charge in [0.2, 0.25) is 0 Å². The molecule has 98 valence electrons. The normalized spacial score (nSPS) is 10.3. The van der Waals surface area contributed by atoms with Gasteiger partial charge in [0.25, 0.3) is 5.91 Å². The first kappa shape index (κ1) is 14.6. The summed E-state index contributed by atoms with van der Waals surface area (Å²) in [6.07, 6.45) is 2.37. The van der Waals surface area contributed by atoms with Gasteiger partial charge in [-0.1, -0.05) is 15.9 Å². The van der Waals surface area contributed by atoms with Crippen LogP contribution in [0.5, 0.6) is 0 Å². The average molecular weight is 453 g/mol. The van der Waals surface area contributed by atoms with Gasteiger partial charge in [-0.3, -0.25) is 9.78 Å². The molecule has 7 heteroatoms. The number of halogens is 4. The van der Waals surface area contributed by atoms with Crippen LogP contribution >= 0.6 is 47.8 Å². The Morgan fingerprint density at radius 2 is 1.84 bits per heavy atom. The van der Waals surface area contributed by atoms with Crippen molar-refractivity contribution in [2.24, 2.45) is 0 Å². The smallest absolute Gasteiger partial charge is 0.258 e. The zero-order valence-electron chi connectivity index (χ0n) is 9.25. The van der Waals surface area contributed by atoms with Crippen LogP contribution in [0, 0.1) is 5.82 Å². The Morgan fingerprint density at radius 1 is 1.21 bits per heavy atom. The Balaban J connectivity index is 2.32. The van der Waals surface area contributed by atoms with E-state index in [0.717, 1.165) is 10.7 Å². The van der Waals surface area contributed by atoms with E-state index in [1.54, 1.807) is 12.1 Å². The van der Waals surface area contributed by atoms with Gasteiger partial charge in [-0.25, -0.2) is 4.39 Å². The molecule has 0 aliphatic carbocycles. The highest BCUT2D eigenvalue weighted by Crippen LogP contribution is 2.34. The molecular formula is C12H6Br3FN2O. The molecule has 3 nitrogen and oxygen atoms in total. The van der Waals surface area contributed by atoms with E-state index in [4.69, 9.17) is 0 Å². The van der Waals surface area contributed by atoms with Crippen LogP contribution in [-0.4, -0.2) is 10.9 Å². The third kappa shape index (κ3) is 3.40. The monoisotopic (exact) mass is 450 g/mol. The Morgan fingerprint density at radius 3 is 2.42 bits per heavy atom. The predicted molar refractivity (Wildman–Crippen MR) is 81.7 cm³/mol. The number of aromatic nitrogens is 1. The maximum Gasteiger partial charge on any atom is 0.258 e. The number of carbonyl (C=O) groups is 1. The van der Waals surface area contributed by atoms with Gasteiger partial charge in [0, 0.05) is 19.6 Å². The number of carbonyl (C=O) groups excluding carboxylic acids is 1. The van der Waals surface area contributed by atoms with Crippen molar-refractivity contribution >= 4 is 59.4 Å². The van der Waals surface area contributed by atoms with Crippen LogP contribution < -0.4 is 5.32 Å². The standard InChI is InChI=1S/C12H6Br3FN2O/c13-6-3-8(14)11(9(15)4-6)18-12(19)7-1-2-17-5-10(7)16/h1-5H,(H,18,19). The third-order valence-corrected chi connectivity index (χ3v) is 3.97. The number of hydrogen-bond donors (Lipinski definition) is 1. The summed E-state index contributed by atoms with van der Waals surface area (Å²) in [5.41, 5.74) is 0.473. The molecule has 0 unspecified atom stereocenters. The highest BCUT2D eigenvalue weighted by Gasteiger charge is 2.15. The lowest BCUT2D eigenvalue weighted by Gasteiger charge is -2.10. The lowest BCUT2D eigenvalue weighted by molar-refractivity contribution is 0.102. The fourth-order valence-corrected chi connectivity index (χ4v) is 3.86. The van der Waals surface area contributed by atoms with Crippen LogP contribution in [0.3, 0.4) is 0 Å². The molecule has 0 aliphatic rings. The SMILES string of the molecule is O=C(Nc1c(Br)cc(Br)cc1Br)c1ccncc1F. The molecule has 2 rings (SSSR count). The molecule has 0 saturated heterocycles. The van der Waals surface area contributed by atoms with Crippen LogP contribution in [-0.2, 0) is 0 Å². The second kappa shape index (κ2) is 6.11. The molecule has 19 heavy (non-hydrogen) atoms. The Bertz CT molecular complexity index is 626. The summed E-state index contributed by atoms with van der Waals surface area (Å²) in [5.74, 6) is -1.20. The van der Waals surface area contributed by atoms with E-state index in [2.05, 4.69) is 58.1 Å². The second-order valence-corrected chi connectivity index (χ2v) is 6.18. The quantitative estimate of drug-likeness (QED) is 0.713. The number of rotatable bonds is 2. The molecule has 0 spiro atoms. The molecule has 1 aromatic heterocycles. The molecule has 0 saturated carbocycles. The average Bonchev–Trinajstić information content (AvgIpc) is 2.34. The second-order valence-electron chi connectivity index (χ2n) is 3.55. The lowest BCUT2D eigenvalue weighted by Crippen LogP contribution is -2.14. The molecule has 0 fully saturated rings. The molecule has 0 bridgehead atoms. The molecule has 1 aromatic carbocycles. The fourth-order valence-electron chi connectivity index (χ4n) is 1.40. The van der Waals surface area contributed by atoms with Crippen molar-refractivity contribution < 1.29 is 9.18 Å². The topological polar surface area (TPSA) is 42.0 Å². The van der Waals surface area contributed by atoms with Crippen LogP contribution in [0.4, 0.5) is 10.1 Å². The van der Waals surface area contributed by atoms with Crippen molar-refractivity contribution in [3.63, 3.8) is 0 Å². The summed E-state index contributed by atoms with van der Waals surface area (Å²) >= 11 is 10.0. The summed E-state index contributed by atoms with van der Waals surface area (Å²) in [5, 5.41) is 2.64. The Hall–Kier alpha value is -0.790. The van der Waals surface area contributed by atoms with Gasteiger partial charge < -0.3 is 5.32 Å². The highest BCUT2D eigenvalue weighted by molar-refractivity contribution is 9.11. The van der Waals surface area contributed by atoms with E-state index in [0.29, 0.717) is 14.6 Å². The highest BCUT2D eigenvalue weighted by atomic mass is 79.9. The van der Waals surface area contributed by atoms with Crippen molar-refractivity contribution in [2.75, 3.05) is 5.32 Å². The van der Waals surface area contributed by atoms with Gasteiger partial charge in [-0.2, -0.15) is 0 Å². The minimum absolute atomic E-state index is 0.0586. The first-order valence-electron chi connectivity index (χ1n) is 5.04. The Labute approximate surface area is 134 Å². The number of amides is 1. The first-order valence-corrected chi connectivity index (χ1v) is 7.42. The van der Waals surface area contributed by atoms with E-state index in [-0.39, 0.29) is 5.56 Å². The zero-order chi connectivity index (χ0) is 14.0. The van der Waals surface area contributed by atoms with E-state index < -0.39 is 11.7 Å². The number of hydrogen-bond acceptors (Lipinski definition) is 2. The van der Waals surface area contributed by atoms with E-state index in [9.17, 15) is 9.18 Å². The molecule has 1 heterocycles. The molecule has 1 N–H and O–H groups in total. The predicted octanol–water partition coefficient (Wildman–Crippen LogP) is 4.76. The van der Waals surface area contributed by atoms with E-state index in [1.807, 2.05) is 0 Å². The first-order chi connectivity index (χ1) is 8.99. The van der Waals surface area contributed by atoms with Gasteiger partial charge in [-0.05, 0) is 50.1 Å². The summed E-state index contributed by atoms with van der Waals surface area (Å²) in [6, 6.07) is 4.89. The number of benzene rings is 1. The summed E-state index contributed by atoms with van der Waals surface area (Å²) in [4.78, 5) is 15.6. The van der Waals surface area contributed by atoms with Crippen molar-refractivity contribution in [1.82, 2.24) is 4.98 Å². The van der Waals surface area contributed by atoms with E-state index in [1.165, 1.54) is 12.3 Å². The molecular weight excluding hydrogens is 447 g/mol. The van der Waals surface area contributed by atoms with Crippen molar-refractivity contribution in [2.45, 2.75) is 0 Å². The van der Waals surface area contributed by atoms with Gasteiger partial charge >= 0.3 is 0 Å². The van der Waals surface area contributed by atoms with Gasteiger partial charge in [0.15, 0.2) is 5.82 Å². The fraction of sp³-hybridized carbons (Fsp3) is 0. The van der Waals surface area contributed by atoms with Crippen molar-refractivity contribution in [1.29, 1.82) is 0 Å². The van der Waals surface area contributed by atoms with E-state index >= 15 is 0 Å². The van der Waals surface area contributed by atoms with Crippen LogP contribution in [0.1, 0.15) is 10.4 Å². The largest absolute Gasteiger partial charge is 0.320 e. The van der Waals surface area contributed by atoms with Crippen LogP contribution in [0.2, 0.25) is 0 Å². The summed E-state index contributed by atoms with van der Waals surface area (Å²) < 4.78 is 15.7. The molecule has 0 radical (unpaired) electrons. The maximum atomic E-state index is 13.5. The summed E-state index contributed by atoms with van der Waals surface area (Å²) in [7, 11) is 0. The van der Waals surface area contributed by atoms with Crippen LogP contribution in [0.25, 0.3) is 0 Å². The minimum atomic E-state index is -0.663. The summed E-state index contributed by atoms with van der Waals surface area (Å²) in [6.45, 7) is 0. The number of anilines is 1. The van der Waals surface area contributed by atoms with Crippen molar-refractivity contribution in [3.8, 4) is 0 Å². The third-order valence-electron chi connectivity index (χ3n) is 2.26. The molecule has 0 atom stereocenters. The number of nitrogens with zero attached hydrogens (tertiary/aromatic N) is 1. The van der Waals surface area contributed by atoms with Gasteiger partial charge in [0.05, 0.1) is 17.4 Å². The molecule has 0 aliphatic heterocycles. The van der Waals surface area contributed by atoms with Gasteiger partial charge in [-0.15, -0.1) is 0 Å². The van der Waals surface area contributed by atoms with Gasteiger partial charge in [0.1, 0.15) is 0 Å². The molecule has 2 aromatic rings. The van der Waals surface area contributed by atoms with Crippen molar-refractivity contribution in [3.05, 3.63) is 55.4 Å². The van der Waals surface area contributed by atoms with Crippen LogP contribution in [0.15, 0.2) is 44.0 Å². The lowest BCUT2D eigenvalue weighted by atomic mass is 10.2. The number of pyridine rings is 1. The minimum Gasteiger partial charge on any atom is -0.320 e.